The van der Waals surface area contributed by atoms with Crippen molar-refractivity contribution in [3.05, 3.63) is 86.4 Å². The number of hydrogen-bond donors (Lipinski definition) is 1. The summed E-state index contributed by atoms with van der Waals surface area (Å²) in [4.78, 5) is 50.8. The number of methoxy groups -OCH3 is 2. The zero-order valence-corrected chi connectivity index (χ0v) is 18.5. The van der Waals surface area contributed by atoms with Gasteiger partial charge in [0.05, 0.1) is 31.0 Å². The van der Waals surface area contributed by atoms with Crippen molar-refractivity contribution in [2.24, 2.45) is 0 Å². The zero-order chi connectivity index (χ0) is 23.5. The van der Waals surface area contributed by atoms with Gasteiger partial charge in [-0.2, -0.15) is 0 Å². The number of hydrogen-bond acceptors (Lipinski definition) is 7. The van der Waals surface area contributed by atoms with E-state index in [1.807, 2.05) is 0 Å². The van der Waals surface area contributed by atoms with Gasteiger partial charge in [0.15, 0.2) is 0 Å². The molecule has 0 aliphatic carbocycles. The Morgan fingerprint density at radius 2 is 1.73 bits per heavy atom. The monoisotopic (exact) mass is 465 g/mol. The third-order valence-corrected chi connectivity index (χ3v) is 5.86. The Morgan fingerprint density at radius 3 is 2.42 bits per heavy atom. The van der Waals surface area contributed by atoms with Crippen LogP contribution in [0.3, 0.4) is 0 Å². The molecule has 10 heteroatoms. The summed E-state index contributed by atoms with van der Waals surface area (Å²) in [6.45, 7) is -0.319. The Morgan fingerprint density at radius 1 is 1.00 bits per heavy atom. The lowest BCUT2D eigenvalue weighted by molar-refractivity contribution is -0.116. The van der Waals surface area contributed by atoms with E-state index >= 15 is 0 Å². The molecule has 0 aliphatic rings. The van der Waals surface area contributed by atoms with Crippen LogP contribution in [0.4, 0.5) is 5.69 Å². The summed E-state index contributed by atoms with van der Waals surface area (Å²) in [6, 6.07) is 14.5. The van der Waals surface area contributed by atoms with E-state index < -0.39 is 23.1 Å². The molecule has 0 radical (unpaired) electrons. The number of rotatable bonds is 6. The van der Waals surface area contributed by atoms with Crippen molar-refractivity contribution in [1.82, 2.24) is 9.13 Å². The highest BCUT2D eigenvalue weighted by Crippen LogP contribution is 2.22. The molecule has 2 aromatic carbocycles. The van der Waals surface area contributed by atoms with Gasteiger partial charge in [0.1, 0.15) is 17.0 Å². The van der Waals surface area contributed by atoms with Crippen LogP contribution in [0.15, 0.2) is 69.6 Å². The summed E-state index contributed by atoms with van der Waals surface area (Å²) < 4.78 is 12.6. The van der Waals surface area contributed by atoms with Gasteiger partial charge < -0.3 is 14.8 Å². The predicted octanol–water partition coefficient (Wildman–Crippen LogP) is 2.65. The van der Waals surface area contributed by atoms with Crippen LogP contribution >= 0.6 is 11.3 Å². The molecule has 0 saturated heterocycles. The van der Waals surface area contributed by atoms with Gasteiger partial charge in [0, 0.05) is 5.69 Å². The summed E-state index contributed by atoms with van der Waals surface area (Å²) in [7, 11) is 2.73. The van der Waals surface area contributed by atoms with Crippen molar-refractivity contribution >= 4 is 39.1 Å². The zero-order valence-electron chi connectivity index (χ0n) is 17.7. The third-order valence-electron chi connectivity index (χ3n) is 4.97. The van der Waals surface area contributed by atoms with Crippen LogP contribution in [-0.2, 0) is 16.1 Å². The van der Waals surface area contributed by atoms with E-state index in [0.29, 0.717) is 27.2 Å². The van der Waals surface area contributed by atoms with Crippen LogP contribution < -0.4 is 21.3 Å². The quantitative estimate of drug-likeness (QED) is 0.439. The smallest absolute Gasteiger partial charge is 0.337 e. The van der Waals surface area contributed by atoms with Gasteiger partial charge in [-0.25, -0.2) is 14.2 Å². The van der Waals surface area contributed by atoms with E-state index in [1.54, 1.807) is 47.8 Å². The average molecular weight is 465 g/mol. The second-order valence-corrected chi connectivity index (χ2v) is 7.85. The van der Waals surface area contributed by atoms with Gasteiger partial charge in [-0.3, -0.25) is 14.2 Å². The molecule has 0 saturated carbocycles. The molecule has 1 N–H and O–H groups in total. The fraction of sp³-hybridized carbons (Fsp3) is 0.130. The topological polar surface area (TPSA) is 109 Å². The molecule has 0 unspecified atom stereocenters. The van der Waals surface area contributed by atoms with Crippen LogP contribution in [0, 0.1) is 0 Å². The molecule has 2 aromatic heterocycles. The minimum Gasteiger partial charge on any atom is -0.495 e. The van der Waals surface area contributed by atoms with E-state index in [-0.39, 0.29) is 12.2 Å². The van der Waals surface area contributed by atoms with Crippen LogP contribution in [0.2, 0.25) is 0 Å². The van der Waals surface area contributed by atoms with Crippen LogP contribution in [0.5, 0.6) is 5.75 Å². The molecule has 0 spiro atoms. The van der Waals surface area contributed by atoms with Crippen molar-refractivity contribution in [2.75, 3.05) is 19.5 Å². The molecule has 0 bridgehead atoms. The molecule has 9 nitrogen and oxygen atoms in total. The second-order valence-electron chi connectivity index (χ2n) is 6.93. The summed E-state index contributed by atoms with van der Waals surface area (Å²) in [5.74, 6) is -0.604. The Bertz CT molecular complexity index is 1470. The van der Waals surface area contributed by atoms with E-state index in [4.69, 9.17) is 4.74 Å². The average Bonchev–Trinajstić information content (AvgIpc) is 3.32. The number of nitrogens with zero attached hydrogens (tertiary/aromatic N) is 2. The van der Waals surface area contributed by atoms with Crippen LogP contribution in [-0.4, -0.2) is 35.2 Å². The van der Waals surface area contributed by atoms with E-state index in [9.17, 15) is 19.2 Å². The summed E-state index contributed by atoms with van der Waals surface area (Å²) in [6.07, 6.45) is 0. The first-order valence-corrected chi connectivity index (χ1v) is 10.7. The highest BCUT2D eigenvalue weighted by molar-refractivity contribution is 7.17. The lowest BCUT2D eigenvalue weighted by Gasteiger charge is -2.14. The largest absolute Gasteiger partial charge is 0.495 e. The molecule has 0 aliphatic heterocycles. The third kappa shape index (κ3) is 4.15. The number of carbonyl (C=O) groups is 2. The molecule has 1 amide bonds. The van der Waals surface area contributed by atoms with Crippen molar-refractivity contribution in [3.63, 3.8) is 0 Å². The van der Waals surface area contributed by atoms with Gasteiger partial charge in [-0.05, 0) is 47.8 Å². The molecule has 33 heavy (non-hydrogen) atoms. The first-order chi connectivity index (χ1) is 15.9. The number of nitrogens with one attached hydrogen (secondary N) is 1. The number of carbonyl (C=O) groups excluding carboxylic acids is 2. The minimum absolute atomic E-state index is 0.290. The number of aromatic nitrogens is 2. The van der Waals surface area contributed by atoms with Crippen LogP contribution in [0.1, 0.15) is 10.4 Å². The number of fused-ring (bicyclic) bond motifs is 1. The lowest BCUT2D eigenvalue weighted by Crippen LogP contribution is -2.40. The second kappa shape index (κ2) is 9.13. The number of anilines is 1. The lowest BCUT2D eigenvalue weighted by atomic mass is 10.2. The highest BCUT2D eigenvalue weighted by atomic mass is 32.1. The van der Waals surface area contributed by atoms with Gasteiger partial charge >= 0.3 is 11.7 Å². The molecular formula is C23H19N3O6S. The maximum absolute atomic E-state index is 13.4. The molecule has 4 aromatic rings. The maximum atomic E-state index is 13.4. The fourth-order valence-corrected chi connectivity index (χ4v) is 4.24. The Hall–Kier alpha value is -4.18. The number of esters is 1. The summed E-state index contributed by atoms with van der Waals surface area (Å²) >= 11 is 1.19. The summed E-state index contributed by atoms with van der Waals surface area (Å²) in [5, 5.41) is 4.39. The van der Waals surface area contributed by atoms with Crippen molar-refractivity contribution in [1.29, 1.82) is 0 Å². The molecule has 0 fully saturated rings. The molecular weight excluding hydrogens is 446 g/mol. The van der Waals surface area contributed by atoms with Crippen molar-refractivity contribution in [3.8, 4) is 11.4 Å². The van der Waals surface area contributed by atoms with Crippen molar-refractivity contribution in [2.45, 2.75) is 6.54 Å². The van der Waals surface area contributed by atoms with E-state index in [2.05, 4.69) is 10.1 Å². The molecule has 0 atom stereocenters. The SMILES string of the molecule is COC(=O)c1ccc(NC(=O)Cn2c(=O)n(-c3ccccc3OC)c(=O)c3sccc32)cc1. The van der Waals surface area contributed by atoms with Gasteiger partial charge in [-0.1, -0.05) is 12.1 Å². The number of para-hydroxylation sites is 2. The molecule has 168 valence electrons. The van der Waals surface area contributed by atoms with Crippen LogP contribution in [0.25, 0.3) is 15.9 Å². The Kier molecular flexibility index (Phi) is 6.09. The minimum atomic E-state index is -0.661. The molecule has 2 heterocycles. The van der Waals surface area contributed by atoms with Crippen molar-refractivity contribution < 1.29 is 19.1 Å². The first kappa shape index (κ1) is 22.0. The van der Waals surface area contributed by atoms with Gasteiger partial charge in [0.2, 0.25) is 5.91 Å². The number of thiophene rings is 1. The highest BCUT2D eigenvalue weighted by Gasteiger charge is 2.19. The fourth-order valence-electron chi connectivity index (χ4n) is 3.42. The Balaban J connectivity index is 1.72. The van der Waals surface area contributed by atoms with Gasteiger partial charge in [0.25, 0.3) is 5.56 Å². The summed E-state index contributed by atoms with van der Waals surface area (Å²) in [5.41, 5.74) is 0.308. The maximum Gasteiger partial charge on any atom is 0.337 e. The predicted molar refractivity (Wildman–Crippen MR) is 125 cm³/mol. The molecule has 4 rings (SSSR count). The van der Waals surface area contributed by atoms with E-state index in [0.717, 1.165) is 4.57 Å². The number of benzene rings is 2. The van der Waals surface area contributed by atoms with Gasteiger partial charge in [-0.15, -0.1) is 11.3 Å². The number of amides is 1. The normalized spacial score (nSPS) is 10.7. The number of ether oxygens (including phenoxy) is 2. The first-order valence-electron chi connectivity index (χ1n) is 9.79. The Labute approximate surface area is 191 Å². The standard InChI is InChI=1S/C23H19N3O6S/c1-31-18-6-4-3-5-16(18)26-21(28)20-17(11-12-33-20)25(23(26)30)13-19(27)24-15-9-7-14(8-10-15)22(29)32-2/h3-12H,13H2,1-2H3,(H,24,27). The van der Waals surface area contributed by atoms with E-state index in [1.165, 1.54) is 42.3 Å².